The molecule has 0 bridgehead atoms. The number of aryl methyl sites for hydroxylation is 2. The van der Waals surface area contributed by atoms with Crippen molar-refractivity contribution in [2.75, 3.05) is 0 Å². The first-order valence-electron chi connectivity index (χ1n) is 17.6. The molecule has 2 aliphatic rings. The molecular formula is C42H42F6N2O5. The monoisotopic (exact) mass is 768 g/mol. The molecule has 7 nitrogen and oxygen atoms in total. The number of carboxylic acid groups (broad SMARTS) is 1. The lowest BCUT2D eigenvalue weighted by molar-refractivity contribution is -0.142. The van der Waals surface area contributed by atoms with Gasteiger partial charge < -0.3 is 16.2 Å². The number of nitrogens with two attached hydrogens (primary N) is 1. The van der Waals surface area contributed by atoms with E-state index in [2.05, 4.69) is 5.32 Å². The van der Waals surface area contributed by atoms with Crippen molar-refractivity contribution in [1.29, 1.82) is 0 Å². The minimum absolute atomic E-state index is 0.0856. The maximum atomic E-state index is 13.1. The van der Waals surface area contributed by atoms with Crippen LogP contribution in [0.25, 0.3) is 22.3 Å². The highest BCUT2D eigenvalue weighted by molar-refractivity contribution is 5.90. The number of carbonyl (C=O) groups is 4. The smallest absolute Gasteiger partial charge is 0.416 e. The first kappa shape index (κ1) is 42.4. The minimum Gasteiger partial charge on any atom is -0.481 e. The number of Topliss-reactive ketones (excluding diaryl/α,β-unsaturated/α-hetero) is 2. The lowest BCUT2D eigenvalue weighted by Gasteiger charge is -2.13. The zero-order valence-corrected chi connectivity index (χ0v) is 30.3. The van der Waals surface area contributed by atoms with Gasteiger partial charge in [-0.3, -0.25) is 19.2 Å². The van der Waals surface area contributed by atoms with Crippen LogP contribution < -0.4 is 11.1 Å². The quantitative estimate of drug-likeness (QED) is 0.161. The Morgan fingerprint density at radius 3 is 1.53 bits per heavy atom. The zero-order chi connectivity index (χ0) is 40.5. The molecular weight excluding hydrogens is 726 g/mol. The van der Waals surface area contributed by atoms with E-state index in [1.807, 2.05) is 18.2 Å². The Bertz CT molecular complexity index is 2020. The van der Waals surface area contributed by atoms with Crippen LogP contribution in [0.4, 0.5) is 26.3 Å². The predicted molar refractivity (Wildman–Crippen MR) is 195 cm³/mol. The Labute approximate surface area is 314 Å². The fraction of sp³-hybridized carbons (Fsp3) is 0.333. The van der Waals surface area contributed by atoms with Crippen molar-refractivity contribution in [3.8, 4) is 22.3 Å². The largest absolute Gasteiger partial charge is 0.481 e. The van der Waals surface area contributed by atoms with E-state index >= 15 is 0 Å². The molecule has 4 aromatic carbocycles. The van der Waals surface area contributed by atoms with Crippen molar-refractivity contribution >= 4 is 23.4 Å². The number of aliphatic carboxylic acids is 1. The van der Waals surface area contributed by atoms with Gasteiger partial charge in [-0.15, -0.1) is 0 Å². The zero-order valence-electron chi connectivity index (χ0n) is 30.3. The summed E-state index contributed by atoms with van der Waals surface area (Å²) in [7, 11) is 0. The highest BCUT2D eigenvalue weighted by Gasteiger charge is 2.32. The summed E-state index contributed by atoms with van der Waals surface area (Å²) in [5, 5.41) is 11.2. The van der Waals surface area contributed by atoms with Gasteiger partial charge in [-0.25, -0.2) is 0 Å². The third kappa shape index (κ3) is 12.6. The van der Waals surface area contributed by atoms with Crippen molar-refractivity contribution in [3.05, 3.63) is 118 Å². The number of hydrogen-bond acceptors (Lipinski definition) is 5. The van der Waals surface area contributed by atoms with Crippen molar-refractivity contribution in [2.45, 2.75) is 77.8 Å². The van der Waals surface area contributed by atoms with E-state index in [1.54, 1.807) is 56.3 Å². The summed E-state index contributed by atoms with van der Waals surface area (Å²) in [6.45, 7) is 3.93. The summed E-state index contributed by atoms with van der Waals surface area (Å²) in [4.78, 5) is 44.1. The molecule has 2 saturated carbocycles. The molecule has 0 heterocycles. The summed E-state index contributed by atoms with van der Waals surface area (Å²) in [5.41, 5.74) is 9.50. The molecule has 2 atom stereocenters. The van der Waals surface area contributed by atoms with Crippen molar-refractivity contribution in [3.63, 3.8) is 0 Å². The Hall–Kier alpha value is -5.30. The van der Waals surface area contributed by atoms with Gasteiger partial charge in [0.2, 0.25) is 5.91 Å². The number of hydrogen-bond donors (Lipinski definition) is 3. The Morgan fingerprint density at radius 2 is 1.13 bits per heavy atom. The number of amides is 1. The van der Waals surface area contributed by atoms with E-state index in [1.165, 1.54) is 6.07 Å². The second-order valence-electron chi connectivity index (χ2n) is 13.8. The van der Waals surface area contributed by atoms with Crippen LogP contribution >= 0.6 is 0 Å². The van der Waals surface area contributed by atoms with Gasteiger partial charge in [-0.05, 0) is 108 Å². The van der Waals surface area contributed by atoms with E-state index in [0.29, 0.717) is 60.0 Å². The summed E-state index contributed by atoms with van der Waals surface area (Å²) >= 11 is 0. The van der Waals surface area contributed by atoms with Crippen LogP contribution in [0.15, 0.2) is 84.9 Å². The van der Waals surface area contributed by atoms with Gasteiger partial charge in [0.25, 0.3) is 0 Å². The molecule has 2 aliphatic carbocycles. The molecule has 55 heavy (non-hydrogen) atoms. The second kappa shape index (κ2) is 18.4. The van der Waals surface area contributed by atoms with Crippen LogP contribution in [-0.2, 0) is 44.6 Å². The number of carboxylic acids is 1. The van der Waals surface area contributed by atoms with Crippen LogP contribution in [0.2, 0.25) is 0 Å². The lowest BCUT2D eigenvalue weighted by atomic mass is 9.98. The number of rotatable bonds is 7. The number of ketones is 2. The van der Waals surface area contributed by atoms with Crippen LogP contribution in [0.1, 0.15) is 71.9 Å². The Morgan fingerprint density at radius 1 is 0.673 bits per heavy atom. The number of alkyl halides is 6. The van der Waals surface area contributed by atoms with Gasteiger partial charge in [0.1, 0.15) is 11.6 Å². The molecule has 2 fully saturated rings. The van der Waals surface area contributed by atoms with E-state index in [-0.39, 0.29) is 42.8 Å². The van der Waals surface area contributed by atoms with Crippen molar-refractivity contribution < 1.29 is 50.6 Å². The number of benzene rings is 4. The van der Waals surface area contributed by atoms with Crippen molar-refractivity contribution in [1.82, 2.24) is 5.32 Å². The van der Waals surface area contributed by atoms with Crippen LogP contribution in [0.5, 0.6) is 0 Å². The standard InChI is InChI=1S/C21H20F3NO2.C15H14F3N.C6H8O3/c1-13-7-17(10-18(8-13)21(22,23)24)15-4-2-3-14(9-15)12-25-20(27)16-5-6-19(26)11-16;1-10-5-13(8-14(6-10)15(16,17)18)12-4-2-3-11(7-12)9-19;7-5-2-1-4(3-5)6(8)9/h2-4,7-10,16H,5-6,11-12H2,1H3,(H,25,27);2-8H,9,19H2,1H3;4H,1-3H2,(H,8,9). The minimum atomic E-state index is -4.40. The van der Waals surface area contributed by atoms with Gasteiger partial charge in [0.15, 0.2) is 0 Å². The maximum Gasteiger partial charge on any atom is 0.416 e. The number of halogens is 6. The normalized spacial score (nSPS) is 16.8. The highest BCUT2D eigenvalue weighted by Crippen LogP contribution is 2.35. The number of nitrogens with one attached hydrogen (secondary N) is 1. The van der Waals surface area contributed by atoms with Gasteiger partial charge in [0.05, 0.1) is 17.0 Å². The third-order valence-corrected chi connectivity index (χ3v) is 9.24. The molecule has 13 heteroatoms. The number of carbonyl (C=O) groups excluding carboxylic acids is 3. The highest BCUT2D eigenvalue weighted by atomic mass is 19.4. The molecule has 0 aromatic heterocycles. The fourth-order valence-electron chi connectivity index (χ4n) is 6.36. The van der Waals surface area contributed by atoms with E-state index in [4.69, 9.17) is 10.8 Å². The van der Waals surface area contributed by atoms with E-state index in [9.17, 15) is 45.5 Å². The van der Waals surface area contributed by atoms with Crippen LogP contribution in [0, 0.1) is 25.7 Å². The van der Waals surface area contributed by atoms with Gasteiger partial charge in [-0.2, -0.15) is 26.3 Å². The van der Waals surface area contributed by atoms with E-state index < -0.39 is 35.4 Å². The molecule has 6 rings (SSSR count). The van der Waals surface area contributed by atoms with Crippen LogP contribution in [-0.4, -0.2) is 28.5 Å². The first-order valence-corrected chi connectivity index (χ1v) is 17.6. The lowest BCUT2D eigenvalue weighted by Crippen LogP contribution is -2.29. The van der Waals surface area contributed by atoms with Gasteiger partial charge >= 0.3 is 18.3 Å². The Balaban J connectivity index is 0.000000207. The van der Waals surface area contributed by atoms with Gasteiger partial charge in [-0.1, -0.05) is 48.5 Å². The average molecular weight is 769 g/mol. The third-order valence-electron chi connectivity index (χ3n) is 9.24. The van der Waals surface area contributed by atoms with Gasteiger partial charge in [0, 0.05) is 44.7 Å². The van der Waals surface area contributed by atoms with Crippen molar-refractivity contribution in [2.24, 2.45) is 17.6 Å². The average Bonchev–Trinajstić information content (AvgIpc) is 3.78. The molecule has 292 valence electrons. The second-order valence-corrected chi connectivity index (χ2v) is 13.8. The molecule has 0 saturated heterocycles. The summed E-state index contributed by atoms with van der Waals surface area (Å²) in [5.74, 6) is -1.45. The van der Waals surface area contributed by atoms with E-state index in [0.717, 1.165) is 34.9 Å². The molecule has 4 aromatic rings. The van der Waals surface area contributed by atoms with Crippen LogP contribution in [0.3, 0.4) is 0 Å². The summed E-state index contributed by atoms with van der Waals surface area (Å²) < 4.78 is 77.5. The topological polar surface area (TPSA) is 127 Å². The first-order chi connectivity index (χ1) is 25.8. The fourth-order valence-corrected chi connectivity index (χ4v) is 6.36. The molecule has 1 amide bonds. The maximum absolute atomic E-state index is 13.1. The Kier molecular flexibility index (Phi) is 14.2. The molecule has 0 radical (unpaired) electrons. The molecule has 2 unspecified atom stereocenters. The summed E-state index contributed by atoms with van der Waals surface area (Å²) in [6, 6.07) is 22.4. The SMILES string of the molecule is Cc1cc(-c2cccc(CN)c2)cc(C(F)(F)F)c1.Cc1cc(-c2cccc(CNC(=O)C3CCC(=O)C3)c2)cc(C(F)(F)F)c1.O=C1CCC(C(=O)O)C1. The predicted octanol–water partition coefficient (Wildman–Crippen LogP) is 9.25. The molecule has 4 N–H and O–H groups in total. The molecule has 0 aliphatic heterocycles. The molecule has 0 spiro atoms. The summed E-state index contributed by atoms with van der Waals surface area (Å²) in [6.07, 6.45) is -6.18.